The van der Waals surface area contributed by atoms with E-state index in [-0.39, 0.29) is 11.7 Å². The monoisotopic (exact) mass is 396 g/mol. The van der Waals surface area contributed by atoms with E-state index in [0.717, 1.165) is 22.0 Å². The highest BCUT2D eigenvalue weighted by Gasteiger charge is 2.23. The molecule has 0 aromatic heterocycles. The van der Waals surface area contributed by atoms with Crippen LogP contribution in [-0.4, -0.2) is 25.1 Å². The average molecular weight is 396 g/mol. The van der Waals surface area contributed by atoms with Gasteiger partial charge in [-0.25, -0.2) is 0 Å². The van der Waals surface area contributed by atoms with Crippen LogP contribution in [0.1, 0.15) is 27.5 Å². The predicted molar refractivity (Wildman–Crippen MR) is 122 cm³/mol. The third-order valence-corrected chi connectivity index (χ3v) is 5.27. The van der Waals surface area contributed by atoms with Crippen molar-refractivity contribution >= 4 is 22.4 Å². The van der Waals surface area contributed by atoms with Gasteiger partial charge < -0.3 is 15.3 Å². The zero-order chi connectivity index (χ0) is 21.1. The molecule has 4 rings (SSSR count). The van der Waals surface area contributed by atoms with Gasteiger partial charge in [0.1, 0.15) is 5.75 Å². The topological polar surface area (TPSA) is 52.6 Å². The molecule has 0 saturated carbocycles. The number of aromatic hydroxyl groups is 1. The summed E-state index contributed by atoms with van der Waals surface area (Å²) in [7, 11) is 3.88. The molecule has 0 heterocycles. The van der Waals surface area contributed by atoms with Gasteiger partial charge in [0.05, 0.1) is 6.04 Å². The van der Waals surface area contributed by atoms with Crippen molar-refractivity contribution in [1.82, 2.24) is 5.32 Å². The molecular weight excluding hydrogens is 372 g/mol. The summed E-state index contributed by atoms with van der Waals surface area (Å²) in [6, 6.07) is 28.2. The van der Waals surface area contributed by atoms with Gasteiger partial charge in [-0.3, -0.25) is 4.79 Å². The predicted octanol–water partition coefficient (Wildman–Crippen LogP) is 5.13. The van der Waals surface area contributed by atoms with Gasteiger partial charge in [0.2, 0.25) is 0 Å². The molecule has 0 fully saturated rings. The first-order chi connectivity index (χ1) is 14.5. The Morgan fingerprint density at radius 2 is 1.60 bits per heavy atom. The molecule has 1 amide bonds. The number of nitrogens with zero attached hydrogens (tertiary/aromatic N) is 1. The molecule has 2 N–H and O–H groups in total. The van der Waals surface area contributed by atoms with Crippen molar-refractivity contribution in [3.63, 3.8) is 0 Å². The largest absolute Gasteiger partial charge is 0.508 e. The second-order valence-electron chi connectivity index (χ2n) is 7.48. The minimum atomic E-state index is -0.493. The van der Waals surface area contributed by atoms with Crippen molar-refractivity contribution in [3.05, 3.63) is 108 Å². The Bertz CT molecular complexity index is 1190. The molecular formula is C26H24N2O2. The summed E-state index contributed by atoms with van der Waals surface area (Å²) in [4.78, 5) is 15.2. The van der Waals surface area contributed by atoms with E-state index in [1.54, 1.807) is 12.1 Å². The highest BCUT2D eigenvalue weighted by molar-refractivity contribution is 5.96. The number of carbonyl (C=O) groups excluding carboxylic acids is 1. The number of nitrogens with one attached hydrogen (secondary N) is 1. The summed E-state index contributed by atoms with van der Waals surface area (Å²) < 4.78 is 0. The van der Waals surface area contributed by atoms with Gasteiger partial charge in [-0.05, 0) is 40.6 Å². The normalized spacial score (nSPS) is 11.8. The molecule has 4 aromatic rings. The van der Waals surface area contributed by atoms with Gasteiger partial charge in [0.25, 0.3) is 5.91 Å². The van der Waals surface area contributed by atoms with Crippen LogP contribution in [-0.2, 0) is 0 Å². The molecule has 150 valence electrons. The van der Waals surface area contributed by atoms with Crippen molar-refractivity contribution in [2.45, 2.75) is 6.04 Å². The molecule has 0 spiro atoms. The lowest BCUT2D eigenvalue weighted by atomic mass is 9.92. The summed E-state index contributed by atoms with van der Waals surface area (Å²) in [5.74, 6) is -0.0372. The average Bonchev–Trinajstić information content (AvgIpc) is 2.78. The van der Waals surface area contributed by atoms with Crippen molar-refractivity contribution in [1.29, 1.82) is 0 Å². The fourth-order valence-electron chi connectivity index (χ4n) is 3.69. The lowest BCUT2D eigenvalue weighted by Gasteiger charge is -2.23. The van der Waals surface area contributed by atoms with Gasteiger partial charge in [-0.1, -0.05) is 66.7 Å². The van der Waals surface area contributed by atoms with E-state index in [4.69, 9.17) is 0 Å². The molecule has 0 aliphatic carbocycles. The maximum Gasteiger partial charge on any atom is 0.252 e. The second-order valence-corrected chi connectivity index (χ2v) is 7.48. The van der Waals surface area contributed by atoms with E-state index in [1.165, 1.54) is 0 Å². The van der Waals surface area contributed by atoms with Gasteiger partial charge in [-0.15, -0.1) is 0 Å². The van der Waals surface area contributed by atoms with Crippen LogP contribution in [0.3, 0.4) is 0 Å². The quantitative estimate of drug-likeness (QED) is 0.492. The smallest absolute Gasteiger partial charge is 0.252 e. The highest BCUT2D eigenvalue weighted by Crippen LogP contribution is 2.36. The summed E-state index contributed by atoms with van der Waals surface area (Å²) >= 11 is 0. The van der Waals surface area contributed by atoms with E-state index >= 15 is 0 Å². The number of fused-ring (bicyclic) bond motifs is 1. The molecule has 30 heavy (non-hydrogen) atoms. The highest BCUT2D eigenvalue weighted by atomic mass is 16.3. The van der Waals surface area contributed by atoms with Crippen molar-refractivity contribution in [2.75, 3.05) is 19.0 Å². The fraction of sp³-hybridized carbons (Fsp3) is 0.115. The number of benzene rings is 4. The van der Waals surface area contributed by atoms with Crippen LogP contribution in [0.15, 0.2) is 91.0 Å². The SMILES string of the molecule is CN(C)c1cccc(C(=O)NC(c2ccccc2)c2c(O)ccc3ccccc23)c1. The lowest BCUT2D eigenvalue weighted by molar-refractivity contribution is 0.0943. The number of amides is 1. The van der Waals surface area contributed by atoms with Crippen LogP contribution in [0.25, 0.3) is 10.8 Å². The molecule has 4 aromatic carbocycles. The van der Waals surface area contributed by atoms with Gasteiger partial charge in [0, 0.05) is 30.9 Å². The third-order valence-electron chi connectivity index (χ3n) is 5.27. The van der Waals surface area contributed by atoms with Crippen LogP contribution in [0.2, 0.25) is 0 Å². The molecule has 0 radical (unpaired) electrons. The molecule has 4 nitrogen and oxygen atoms in total. The number of anilines is 1. The van der Waals surface area contributed by atoms with Gasteiger partial charge >= 0.3 is 0 Å². The van der Waals surface area contributed by atoms with Crippen LogP contribution >= 0.6 is 0 Å². The molecule has 1 atom stereocenters. The Labute approximate surface area is 176 Å². The maximum absolute atomic E-state index is 13.2. The van der Waals surface area contributed by atoms with Crippen LogP contribution in [0.5, 0.6) is 5.75 Å². The molecule has 0 bridgehead atoms. The molecule has 0 aliphatic rings. The summed E-state index contributed by atoms with van der Waals surface area (Å²) in [5, 5.41) is 15.9. The Morgan fingerprint density at radius 1 is 0.867 bits per heavy atom. The van der Waals surface area contributed by atoms with E-state index in [9.17, 15) is 9.90 Å². The number of hydrogen-bond donors (Lipinski definition) is 2. The Hall–Kier alpha value is -3.79. The third kappa shape index (κ3) is 3.85. The van der Waals surface area contributed by atoms with Crippen molar-refractivity contribution < 1.29 is 9.90 Å². The minimum Gasteiger partial charge on any atom is -0.508 e. The number of rotatable bonds is 5. The first kappa shape index (κ1) is 19.5. The number of phenols is 1. The van der Waals surface area contributed by atoms with E-state index in [0.29, 0.717) is 11.1 Å². The number of phenolic OH excluding ortho intramolecular Hbond substituents is 1. The summed E-state index contributed by atoms with van der Waals surface area (Å²) in [6.07, 6.45) is 0. The Balaban J connectivity index is 1.81. The lowest BCUT2D eigenvalue weighted by Crippen LogP contribution is -2.29. The maximum atomic E-state index is 13.2. The second kappa shape index (κ2) is 8.29. The summed E-state index contributed by atoms with van der Waals surface area (Å²) in [5.41, 5.74) is 3.12. The zero-order valence-corrected chi connectivity index (χ0v) is 17.0. The molecule has 4 heteroatoms. The first-order valence-electron chi connectivity index (χ1n) is 9.88. The van der Waals surface area contributed by atoms with E-state index in [2.05, 4.69) is 5.32 Å². The number of carbonyl (C=O) groups is 1. The standard InChI is InChI=1S/C26H24N2O2/c1-28(2)21-13-8-12-20(17-21)26(30)27-25(19-10-4-3-5-11-19)24-22-14-7-6-9-18(22)15-16-23(24)29/h3-17,25,29H,1-2H3,(H,27,30). The van der Waals surface area contributed by atoms with Gasteiger partial charge in [0.15, 0.2) is 0 Å². The van der Waals surface area contributed by atoms with Crippen LogP contribution in [0.4, 0.5) is 5.69 Å². The molecule has 0 saturated heterocycles. The van der Waals surface area contributed by atoms with E-state index < -0.39 is 6.04 Å². The zero-order valence-electron chi connectivity index (χ0n) is 17.0. The Morgan fingerprint density at radius 3 is 2.37 bits per heavy atom. The van der Waals surface area contributed by atoms with Crippen molar-refractivity contribution in [3.8, 4) is 5.75 Å². The number of hydrogen-bond acceptors (Lipinski definition) is 3. The Kier molecular flexibility index (Phi) is 5.40. The summed E-state index contributed by atoms with van der Waals surface area (Å²) in [6.45, 7) is 0. The molecule has 0 aliphatic heterocycles. The van der Waals surface area contributed by atoms with Gasteiger partial charge in [-0.2, -0.15) is 0 Å². The van der Waals surface area contributed by atoms with E-state index in [1.807, 2.05) is 97.9 Å². The minimum absolute atomic E-state index is 0.157. The van der Waals surface area contributed by atoms with Crippen LogP contribution < -0.4 is 10.2 Å². The fourth-order valence-corrected chi connectivity index (χ4v) is 3.69. The molecule has 1 unspecified atom stereocenters. The first-order valence-corrected chi connectivity index (χ1v) is 9.88. The van der Waals surface area contributed by atoms with Crippen molar-refractivity contribution in [2.24, 2.45) is 0 Å². The van der Waals surface area contributed by atoms with Crippen LogP contribution in [0, 0.1) is 0 Å².